The number of Topliss-reactive ketones (excluding diaryl/α,β-unsaturated/α-hetero) is 1. The molecule has 1 unspecified atom stereocenters. The van der Waals surface area contributed by atoms with Crippen LogP contribution in [0.1, 0.15) is 16.8 Å². The van der Waals surface area contributed by atoms with E-state index in [2.05, 4.69) is 5.32 Å². The minimum absolute atomic E-state index is 0.00931. The highest BCUT2D eigenvalue weighted by atomic mass is 16.5. The zero-order chi connectivity index (χ0) is 21.3. The first-order valence-electron chi connectivity index (χ1n) is 9.87. The summed E-state index contributed by atoms with van der Waals surface area (Å²) in [5.41, 5.74) is 0.564. The first-order chi connectivity index (χ1) is 14.6. The Morgan fingerprint density at radius 3 is 2.53 bits per heavy atom. The first-order valence-corrected chi connectivity index (χ1v) is 9.87. The zero-order valence-electron chi connectivity index (χ0n) is 17.3. The summed E-state index contributed by atoms with van der Waals surface area (Å²) in [6, 6.07) is 18.9. The summed E-state index contributed by atoms with van der Waals surface area (Å²) in [5.74, 6) is 1.85. The predicted molar refractivity (Wildman–Crippen MR) is 117 cm³/mol. The van der Waals surface area contributed by atoms with Gasteiger partial charge in [0.2, 0.25) is 0 Å². The van der Waals surface area contributed by atoms with E-state index < -0.39 is 6.10 Å². The summed E-state index contributed by atoms with van der Waals surface area (Å²) in [5, 5.41) is 15.4. The summed E-state index contributed by atoms with van der Waals surface area (Å²) in [4.78, 5) is 12.4. The van der Waals surface area contributed by atoms with Crippen LogP contribution in [0.15, 0.2) is 60.7 Å². The molecular formula is C24H27NO5. The summed E-state index contributed by atoms with van der Waals surface area (Å²) in [6.45, 7) is 0.965. The largest absolute Gasteiger partial charge is 0.493 e. The molecule has 6 nitrogen and oxygen atoms in total. The lowest BCUT2D eigenvalue weighted by atomic mass is 10.1. The highest BCUT2D eigenvalue weighted by molar-refractivity contribution is 5.96. The summed E-state index contributed by atoms with van der Waals surface area (Å²) >= 11 is 0. The maximum Gasteiger partial charge on any atom is 0.164 e. The molecule has 0 bridgehead atoms. The number of aliphatic hydroxyl groups excluding tert-OH is 1. The average Bonchev–Trinajstić information content (AvgIpc) is 2.79. The molecule has 0 saturated carbocycles. The number of hydrogen-bond acceptors (Lipinski definition) is 6. The second-order valence-corrected chi connectivity index (χ2v) is 6.89. The van der Waals surface area contributed by atoms with Gasteiger partial charge in [0.1, 0.15) is 18.5 Å². The Kier molecular flexibility index (Phi) is 7.65. The zero-order valence-corrected chi connectivity index (χ0v) is 17.3. The van der Waals surface area contributed by atoms with E-state index in [0.717, 1.165) is 16.5 Å². The van der Waals surface area contributed by atoms with E-state index in [0.29, 0.717) is 36.6 Å². The number of fused-ring (bicyclic) bond motifs is 1. The fraction of sp³-hybridized carbons (Fsp3) is 0.292. The van der Waals surface area contributed by atoms with Crippen molar-refractivity contribution in [3.8, 4) is 17.2 Å². The standard InChI is InChI=1S/C24H27NO5/c1-28-23-11-10-18(14-24(23)29-2)21(27)12-13-25-15-19(26)16-30-22-9-5-7-17-6-3-4-8-20(17)22/h3-11,14,19,25-26H,12-13,15-16H2,1-2H3. The number of hydrogen-bond donors (Lipinski definition) is 2. The normalized spacial score (nSPS) is 11.8. The first kappa shape index (κ1) is 21.6. The van der Waals surface area contributed by atoms with E-state index in [-0.39, 0.29) is 12.4 Å². The van der Waals surface area contributed by atoms with Gasteiger partial charge in [0.15, 0.2) is 17.3 Å². The van der Waals surface area contributed by atoms with Crippen molar-refractivity contribution < 1.29 is 24.1 Å². The van der Waals surface area contributed by atoms with Crippen LogP contribution in [0, 0.1) is 0 Å². The third kappa shape index (κ3) is 5.49. The van der Waals surface area contributed by atoms with E-state index in [1.54, 1.807) is 25.3 Å². The van der Waals surface area contributed by atoms with Gasteiger partial charge in [-0.3, -0.25) is 4.79 Å². The number of ketones is 1. The Morgan fingerprint density at radius 1 is 0.967 bits per heavy atom. The number of carbonyl (C=O) groups excluding carboxylic acids is 1. The monoisotopic (exact) mass is 409 g/mol. The highest BCUT2D eigenvalue weighted by Gasteiger charge is 2.12. The topological polar surface area (TPSA) is 77.0 Å². The van der Waals surface area contributed by atoms with Crippen LogP contribution in [0.4, 0.5) is 0 Å². The van der Waals surface area contributed by atoms with Gasteiger partial charge >= 0.3 is 0 Å². The van der Waals surface area contributed by atoms with Crippen molar-refractivity contribution >= 4 is 16.6 Å². The van der Waals surface area contributed by atoms with Gasteiger partial charge in [-0.15, -0.1) is 0 Å². The molecule has 0 aliphatic rings. The van der Waals surface area contributed by atoms with Crippen molar-refractivity contribution in [3.63, 3.8) is 0 Å². The lowest BCUT2D eigenvalue weighted by Gasteiger charge is -2.14. The van der Waals surface area contributed by atoms with Crippen molar-refractivity contribution in [2.24, 2.45) is 0 Å². The SMILES string of the molecule is COc1ccc(C(=O)CCNCC(O)COc2cccc3ccccc23)cc1OC. The molecule has 30 heavy (non-hydrogen) atoms. The number of carbonyl (C=O) groups is 1. The molecule has 3 aromatic rings. The number of ether oxygens (including phenoxy) is 3. The van der Waals surface area contributed by atoms with E-state index in [1.165, 1.54) is 7.11 Å². The molecule has 0 saturated heterocycles. The van der Waals surface area contributed by atoms with Gasteiger partial charge in [-0.05, 0) is 29.7 Å². The molecule has 0 radical (unpaired) electrons. The molecule has 0 spiro atoms. The van der Waals surface area contributed by atoms with Crippen LogP contribution in [0.2, 0.25) is 0 Å². The van der Waals surface area contributed by atoms with E-state index in [4.69, 9.17) is 14.2 Å². The van der Waals surface area contributed by atoms with Crippen LogP contribution in [0.3, 0.4) is 0 Å². The van der Waals surface area contributed by atoms with Gasteiger partial charge in [-0.1, -0.05) is 36.4 Å². The molecule has 2 N–H and O–H groups in total. The van der Waals surface area contributed by atoms with E-state index in [1.807, 2.05) is 42.5 Å². The Labute approximate surface area is 176 Å². The molecule has 3 aromatic carbocycles. The van der Waals surface area contributed by atoms with Crippen molar-refractivity contribution in [1.29, 1.82) is 0 Å². The van der Waals surface area contributed by atoms with Crippen molar-refractivity contribution in [2.45, 2.75) is 12.5 Å². The van der Waals surface area contributed by atoms with Crippen LogP contribution in [0.25, 0.3) is 10.8 Å². The quantitative estimate of drug-likeness (QED) is 0.373. The Hall–Kier alpha value is -3.09. The van der Waals surface area contributed by atoms with Gasteiger partial charge in [0, 0.05) is 30.5 Å². The Balaban J connectivity index is 1.42. The summed E-state index contributed by atoms with van der Waals surface area (Å²) < 4.78 is 16.2. The van der Waals surface area contributed by atoms with Crippen LogP contribution >= 0.6 is 0 Å². The smallest absolute Gasteiger partial charge is 0.164 e. The predicted octanol–water partition coefficient (Wildman–Crippen LogP) is 3.46. The molecule has 158 valence electrons. The van der Waals surface area contributed by atoms with Crippen LogP contribution < -0.4 is 19.5 Å². The Morgan fingerprint density at radius 2 is 1.73 bits per heavy atom. The van der Waals surface area contributed by atoms with E-state index >= 15 is 0 Å². The van der Waals surface area contributed by atoms with Crippen LogP contribution in [-0.4, -0.2) is 50.9 Å². The molecule has 0 amide bonds. The molecule has 0 aromatic heterocycles. The molecule has 0 aliphatic carbocycles. The van der Waals surface area contributed by atoms with Gasteiger partial charge in [0.05, 0.1) is 14.2 Å². The number of methoxy groups -OCH3 is 2. The van der Waals surface area contributed by atoms with Crippen molar-refractivity contribution in [3.05, 3.63) is 66.2 Å². The fourth-order valence-electron chi connectivity index (χ4n) is 3.19. The lowest BCUT2D eigenvalue weighted by Crippen LogP contribution is -2.32. The van der Waals surface area contributed by atoms with Gasteiger partial charge in [-0.2, -0.15) is 0 Å². The van der Waals surface area contributed by atoms with E-state index in [9.17, 15) is 9.90 Å². The molecule has 0 heterocycles. The second-order valence-electron chi connectivity index (χ2n) is 6.89. The van der Waals surface area contributed by atoms with Crippen LogP contribution in [-0.2, 0) is 0 Å². The number of aliphatic hydroxyl groups is 1. The lowest BCUT2D eigenvalue weighted by molar-refractivity contribution is 0.0963. The summed E-state index contributed by atoms with van der Waals surface area (Å²) in [7, 11) is 3.09. The number of benzene rings is 3. The fourth-order valence-corrected chi connectivity index (χ4v) is 3.19. The summed E-state index contributed by atoms with van der Waals surface area (Å²) in [6.07, 6.45) is -0.369. The number of nitrogens with one attached hydrogen (secondary N) is 1. The minimum Gasteiger partial charge on any atom is -0.493 e. The minimum atomic E-state index is -0.680. The maximum atomic E-state index is 12.4. The maximum absolute atomic E-state index is 12.4. The molecule has 6 heteroatoms. The molecule has 1 atom stereocenters. The average molecular weight is 409 g/mol. The molecular weight excluding hydrogens is 382 g/mol. The third-order valence-electron chi connectivity index (χ3n) is 4.80. The second kappa shape index (κ2) is 10.6. The van der Waals surface area contributed by atoms with Crippen molar-refractivity contribution in [1.82, 2.24) is 5.32 Å². The molecule has 3 rings (SSSR count). The molecule has 0 aliphatic heterocycles. The van der Waals surface area contributed by atoms with Crippen LogP contribution in [0.5, 0.6) is 17.2 Å². The highest BCUT2D eigenvalue weighted by Crippen LogP contribution is 2.28. The molecule has 0 fully saturated rings. The third-order valence-corrected chi connectivity index (χ3v) is 4.80. The Bertz CT molecular complexity index is 983. The van der Waals surface area contributed by atoms with Gasteiger partial charge < -0.3 is 24.6 Å². The van der Waals surface area contributed by atoms with Gasteiger partial charge in [0.25, 0.3) is 0 Å². The van der Waals surface area contributed by atoms with Crippen molar-refractivity contribution in [2.75, 3.05) is 33.9 Å². The van der Waals surface area contributed by atoms with Gasteiger partial charge in [-0.25, -0.2) is 0 Å². The number of rotatable bonds is 11.